The van der Waals surface area contributed by atoms with Gasteiger partial charge in [-0.05, 0) is 56.2 Å². The number of anilines is 1. The number of phenols is 1. The van der Waals surface area contributed by atoms with Crippen molar-refractivity contribution in [2.75, 3.05) is 5.32 Å². The predicted molar refractivity (Wildman–Crippen MR) is 108 cm³/mol. The van der Waals surface area contributed by atoms with Crippen LogP contribution in [0.5, 0.6) is 5.75 Å². The fourth-order valence-electron chi connectivity index (χ4n) is 3.34. The van der Waals surface area contributed by atoms with Crippen LogP contribution in [-0.2, 0) is 0 Å². The monoisotopic (exact) mass is 358 g/mol. The Morgan fingerprint density at radius 3 is 2.56 bits per heavy atom. The number of aromatic nitrogens is 1. The lowest BCUT2D eigenvalue weighted by Gasteiger charge is -2.22. The molecule has 2 N–H and O–H groups in total. The first kappa shape index (κ1) is 17.2. The molecule has 27 heavy (non-hydrogen) atoms. The Balaban J connectivity index is 1.86. The van der Waals surface area contributed by atoms with Crippen LogP contribution in [0.15, 0.2) is 65.3 Å². The van der Waals surface area contributed by atoms with Crippen molar-refractivity contribution in [1.29, 1.82) is 0 Å². The molecule has 4 aromatic rings. The molecule has 0 bridgehead atoms. The molecule has 0 aliphatic rings. The van der Waals surface area contributed by atoms with Crippen LogP contribution >= 0.6 is 0 Å². The summed E-state index contributed by atoms with van der Waals surface area (Å²) in [6, 6.07) is 17.4. The first-order valence-corrected chi connectivity index (χ1v) is 9.00. The van der Waals surface area contributed by atoms with E-state index in [2.05, 4.69) is 30.2 Å². The van der Waals surface area contributed by atoms with Gasteiger partial charge in [-0.15, -0.1) is 0 Å². The summed E-state index contributed by atoms with van der Waals surface area (Å²) in [7, 11) is 0. The van der Waals surface area contributed by atoms with Crippen molar-refractivity contribution < 1.29 is 9.52 Å². The highest BCUT2D eigenvalue weighted by Crippen LogP contribution is 2.37. The van der Waals surface area contributed by atoms with Gasteiger partial charge in [0.15, 0.2) is 0 Å². The van der Waals surface area contributed by atoms with Crippen molar-refractivity contribution in [3.05, 3.63) is 89.0 Å². The van der Waals surface area contributed by atoms with E-state index in [-0.39, 0.29) is 11.8 Å². The van der Waals surface area contributed by atoms with Crippen molar-refractivity contribution in [2.45, 2.75) is 26.8 Å². The van der Waals surface area contributed by atoms with E-state index in [0.717, 1.165) is 28.1 Å². The van der Waals surface area contributed by atoms with E-state index in [9.17, 15) is 5.11 Å². The van der Waals surface area contributed by atoms with Crippen molar-refractivity contribution in [3.8, 4) is 5.75 Å². The number of aryl methyl sites for hydroxylation is 2. The minimum absolute atomic E-state index is 0.176. The summed E-state index contributed by atoms with van der Waals surface area (Å²) in [6.45, 7) is 6.09. The molecule has 0 saturated carbocycles. The summed E-state index contributed by atoms with van der Waals surface area (Å²) in [5.74, 6) is 0.911. The van der Waals surface area contributed by atoms with E-state index in [1.54, 1.807) is 6.26 Å². The van der Waals surface area contributed by atoms with Crippen molar-refractivity contribution >= 4 is 16.6 Å². The number of rotatable bonds is 4. The number of benzene rings is 2. The van der Waals surface area contributed by atoms with Crippen LogP contribution < -0.4 is 5.32 Å². The summed E-state index contributed by atoms with van der Waals surface area (Å²) in [5, 5.41) is 15.5. The molecular formula is C23H22N2O2. The van der Waals surface area contributed by atoms with Crippen LogP contribution in [0.1, 0.15) is 34.2 Å². The van der Waals surface area contributed by atoms with Crippen molar-refractivity contribution in [1.82, 2.24) is 4.98 Å². The van der Waals surface area contributed by atoms with E-state index in [4.69, 9.17) is 4.42 Å². The average molecular weight is 358 g/mol. The molecule has 0 fully saturated rings. The van der Waals surface area contributed by atoms with Crippen LogP contribution in [-0.4, -0.2) is 10.1 Å². The molecule has 4 heteroatoms. The molecule has 0 aliphatic carbocycles. The second-order valence-electron chi connectivity index (χ2n) is 6.87. The van der Waals surface area contributed by atoms with Gasteiger partial charge in [0.05, 0.1) is 6.26 Å². The number of aromatic hydroxyl groups is 1. The molecule has 0 amide bonds. The van der Waals surface area contributed by atoms with E-state index in [0.29, 0.717) is 5.52 Å². The van der Waals surface area contributed by atoms with Gasteiger partial charge in [-0.1, -0.05) is 30.3 Å². The smallest absolute Gasteiger partial charge is 0.147 e. The molecule has 2 heterocycles. The highest BCUT2D eigenvalue weighted by atomic mass is 16.3. The standard InChI is InChI=1S/C23H22N2O2/c1-14-6-4-7-19(16(14)3)25-22(20-8-5-13-27-20)18-12-11-17-10-9-15(2)24-21(17)23(18)26/h4-13,22,25-26H,1-3H3. The van der Waals surface area contributed by atoms with E-state index in [1.165, 1.54) is 11.1 Å². The van der Waals surface area contributed by atoms with E-state index < -0.39 is 0 Å². The zero-order valence-corrected chi connectivity index (χ0v) is 15.7. The molecule has 1 unspecified atom stereocenters. The predicted octanol–water partition coefficient (Wildman–Crippen LogP) is 5.66. The minimum atomic E-state index is -0.327. The molecule has 0 saturated heterocycles. The Labute approximate surface area is 158 Å². The van der Waals surface area contributed by atoms with Crippen LogP contribution in [0.3, 0.4) is 0 Å². The van der Waals surface area contributed by atoms with Gasteiger partial charge in [0.1, 0.15) is 23.1 Å². The topological polar surface area (TPSA) is 58.3 Å². The Hall–Kier alpha value is -3.27. The fraction of sp³-hybridized carbons (Fsp3) is 0.174. The van der Waals surface area contributed by atoms with Gasteiger partial charge in [-0.2, -0.15) is 0 Å². The quantitative estimate of drug-likeness (QED) is 0.494. The Morgan fingerprint density at radius 1 is 0.963 bits per heavy atom. The summed E-state index contributed by atoms with van der Waals surface area (Å²) in [6.07, 6.45) is 1.65. The molecule has 0 radical (unpaired) electrons. The number of pyridine rings is 1. The van der Waals surface area contributed by atoms with E-state index >= 15 is 0 Å². The van der Waals surface area contributed by atoms with Gasteiger partial charge in [0, 0.05) is 22.3 Å². The first-order chi connectivity index (χ1) is 13.0. The Bertz CT molecular complexity index is 1100. The molecule has 136 valence electrons. The van der Waals surface area contributed by atoms with Gasteiger partial charge in [-0.25, -0.2) is 4.98 Å². The Kier molecular flexibility index (Phi) is 4.32. The Morgan fingerprint density at radius 2 is 1.78 bits per heavy atom. The molecule has 2 aromatic carbocycles. The second-order valence-corrected chi connectivity index (χ2v) is 6.87. The third-order valence-corrected chi connectivity index (χ3v) is 5.05. The molecular weight excluding hydrogens is 336 g/mol. The number of fused-ring (bicyclic) bond motifs is 1. The normalized spacial score (nSPS) is 12.3. The van der Waals surface area contributed by atoms with Gasteiger partial charge in [0.25, 0.3) is 0 Å². The maximum atomic E-state index is 11.0. The van der Waals surface area contributed by atoms with E-state index in [1.807, 2.05) is 55.5 Å². The van der Waals surface area contributed by atoms with Crippen molar-refractivity contribution in [2.24, 2.45) is 0 Å². The zero-order valence-electron chi connectivity index (χ0n) is 15.7. The molecule has 4 nitrogen and oxygen atoms in total. The van der Waals surface area contributed by atoms with Crippen LogP contribution in [0.2, 0.25) is 0 Å². The minimum Gasteiger partial charge on any atom is -0.505 e. The number of furan rings is 1. The molecule has 1 atom stereocenters. The van der Waals surface area contributed by atoms with Crippen LogP contribution in [0.4, 0.5) is 5.69 Å². The molecule has 2 aromatic heterocycles. The summed E-state index contributed by atoms with van der Waals surface area (Å²) >= 11 is 0. The fourth-order valence-corrected chi connectivity index (χ4v) is 3.34. The lowest BCUT2D eigenvalue weighted by atomic mass is 9.99. The lowest BCUT2D eigenvalue weighted by molar-refractivity contribution is 0.458. The third kappa shape index (κ3) is 3.14. The van der Waals surface area contributed by atoms with Gasteiger partial charge in [0.2, 0.25) is 0 Å². The molecule has 4 rings (SSSR count). The number of nitrogens with zero attached hydrogens (tertiary/aromatic N) is 1. The third-order valence-electron chi connectivity index (χ3n) is 5.05. The van der Waals surface area contributed by atoms with Crippen LogP contribution in [0.25, 0.3) is 10.9 Å². The number of hydrogen-bond acceptors (Lipinski definition) is 4. The first-order valence-electron chi connectivity index (χ1n) is 9.00. The average Bonchev–Trinajstić information content (AvgIpc) is 3.19. The van der Waals surface area contributed by atoms with Gasteiger partial charge in [-0.3, -0.25) is 0 Å². The van der Waals surface area contributed by atoms with Crippen LogP contribution in [0, 0.1) is 20.8 Å². The maximum absolute atomic E-state index is 11.0. The second kappa shape index (κ2) is 6.80. The SMILES string of the molecule is Cc1ccc2ccc(C(Nc3cccc(C)c3C)c3ccco3)c(O)c2n1. The summed E-state index contributed by atoms with van der Waals surface area (Å²) in [5.41, 5.74) is 5.59. The van der Waals surface area contributed by atoms with Gasteiger partial charge >= 0.3 is 0 Å². The molecule has 0 spiro atoms. The number of phenolic OH excluding ortho intramolecular Hbond substituents is 1. The van der Waals surface area contributed by atoms with Gasteiger partial charge < -0.3 is 14.8 Å². The largest absolute Gasteiger partial charge is 0.505 e. The zero-order chi connectivity index (χ0) is 19.0. The van der Waals surface area contributed by atoms with Crippen molar-refractivity contribution in [3.63, 3.8) is 0 Å². The maximum Gasteiger partial charge on any atom is 0.147 e. The number of nitrogens with one attached hydrogen (secondary N) is 1. The lowest BCUT2D eigenvalue weighted by Crippen LogP contribution is -2.13. The highest BCUT2D eigenvalue weighted by molar-refractivity contribution is 5.86. The summed E-state index contributed by atoms with van der Waals surface area (Å²) in [4.78, 5) is 4.53. The molecule has 0 aliphatic heterocycles. The highest BCUT2D eigenvalue weighted by Gasteiger charge is 2.23. The number of hydrogen-bond donors (Lipinski definition) is 2. The summed E-state index contributed by atoms with van der Waals surface area (Å²) < 4.78 is 5.69.